The minimum Gasteiger partial charge on any atom is -0.444 e. The molecule has 0 aliphatic carbocycles. The highest BCUT2D eigenvalue weighted by molar-refractivity contribution is 6.34. The van der Waals surface area contributed by atoms with Crippen LogP contribution in [0.1, 0.15) is 81.7 Å². The minimum absolute atomic E-state index is 0.289. The maximum Gasteiger partial charge on any atom is 0.408 e. The predicted molar refractivity (Wildman–Crippen MR) is 154 cm³/mol. The highest BCUT2D eigenvalue weighted by Crippen LogP contribution is 2.30. The lowest BCUT2D eigenvalue weighted by atomic mass is 9.98. The zero-order chi connectivity index (χ0) is 28.5. The quantitative estimate of drug-likeness (QED) is 0.302. The van der Waals surface area contributed by atoms with Crippen molar-refractivity contribution in [2.24, 2.45) is 0 Å². The van der Waals surface area contributed by atoms with Crippen LogP contribution in [-0.4, -0.2) is 41.5 Å². The molecule has 1 atom stereocenters. The van der Waals surface area contributed by atoms with Crippen LogP contribution in [0.3, 0.4) is 0 Å². The predicted octanol–water partition coefficient (Wildman–Crippen LogP) is 6.88. The molecule has 0 heterocycles. The molecule has 2 N–H and O–H groups in total. The Labute approximate surface area is 232 Å². The summed E-state index contributed by atoms with van der Waals surface area (Å²) >= 11 is 6.42. The Morgan fingerprint density at radius 1 is 1.00 bits per heavy atom. The Kier molecular flexibility index (Phi) is 11.6. The fourth-order valence-corrected chi connectivity index (χ4v) is 4.56. The monoisotopic (exact) mass is 543 g/mol. The van der Waals surface area contributed by atoms with Gasteiger partial charge in [-0.3, -0.25) is 9.59 Å². The average molecular weight is 544 g/mol. The van der Waals surface area contributed by atoms with Gasteiger partial charge in [-0.1, -0.05) is 79.2 Å². The number of rotatable bonds is 11. The molecule has 2 aromatic carbocycles. The molecule has 0 aliphatic heterocycles. The van der Waals surface area contributed by atoms with Crippen molar-refractivity contribution < 1.29 is 19.1 Å². The van der Waals surface area contributed by atoms with E-state index in [1.165, 1.54) is 0 Å². The van der Waals surface area contributed by atoms with Crippen molar-refractivity contribution in [2.75, 3.05) is 18.4 Å². The Hall–Kier alpha value is -3.06. The van der Waals surface area contributed by atoms with Crippen LogP contribution < -0.4 is 10.6 Å². The maximum absolute atomic E-state index is 13.9. The minimum atomic E-state index is -0.918. The molecule has 38 heavy (non-hydrogen) atoms. The van der Waals surface area contributed by atoms with Gasteiger partial charge in [-0.2, -0.15) is 0 Å². The normalized spacial score (nSPS) is 12.0. The zero-order valence-corrected chi connectivity index (χ0v) is 24.5. The van der Waals surface area contributed by atoms with Crippen molar-refractivity contribution in [1.29, 1.82) is 0 Å². The second-order valence-corrected chi connectivity index (χ2v) is 11.2. The van der Waals surface area contributed by atoms with Gasteiger partial charge in [0.2, 0.25) is 5.91 Å². The van der Waals surface area contributed by atoms with E-state index in [0.29, 0.717) is 22.8 Å². The number of hydrogen-bond acceptors (Lipinski definition) is 4. The van der Waals surface area contributed by atoms with Gasteiger partial charge in [-0.05, 0) is 65.2 Å². The summed E-state index contributed by atoms with van der Waals surface area (Å²) in [7, 11) is 0. The number of nitrogens with zero attached hydrogens (tertiary/aromatic N) is 1. The number of anilines is 1. The third-order valence-electron chi connectivity index (χ3n) is 5.95. The van der Waals surface area contributed by atoms with Crippen LogP contribution in [-0.2, 0) is 14.3 Å². The van der Waals surface area contributed by atoms with Gasteiger partial charge in [0, 0.05) is 6.54 Å². The first kappa shape index (κ1) is 31.2. The van der Waals surface area contributed by atoms with Gasteiger partial charge in [-0.15, -0.1) is 0 Å². The Bertz CT molecular complexity index is 1090. The number of benzene rings is 2. The topological polar surface area (TPSA) is 87.7 Å². The largest absolute Gasteiger partial charge is 0.444 e. The molecule has 208 valence electrons. The molecule has 0 aromatic heterocycles. The van der Waals surface area contributed by atoms with Crippen molar-refractivity contribution in [1.82, 2.24) is 10.2 Å². The van der Waals surface area contributed by atoms with Gasteiger partial charge in [0.05, 0.1) is 10.7 Å². The number of ether oxygens (including phenoxy) is 1. The van der Waals surface area contributed by atoms with Crippen LogP contribution >= 0.6 is 11.6 Å². The fraction of sp³-hybridized carbons (Fsp3) is 0.500. The van der Waals surface area contributed by atoms with E-state index >= 15 is 0 Å². The first-order valence-corrected chi connectivity index (χ1v) is 13.6. The molecule has 2 rings (SSSR count). The number of unbranched alkanes of at least 4 members (excludes halogenated alkanes) is 3. The SMILES string of the molecule is CCCCCCN(C(=O)CNC(=O)OC(C)(C)C)C(C(=O)Nc1c(C)cccc1Cl)c1cc(C)cc(C)c1. The van der Waals surface area contributed by atoms with E-state index in [2.05, 4.69) is 17.6 Å². The average Bonchev–Trinajstić information content (AvgIpc) is 2.80. The number of aryl methyl sites for hydroxylation is 3. The summed E-state index contributed by atoms with van der Waals surface area (Å²) in [5.41, 5.74) is 3.30. The number of carbonyl (C=O) groups excluding carboxylic acids is 3. The molecule has 0 aliphatic rings. The molecule has 0 bridgehead atoms. The Morgan fingerprint density at radius 2 is 1.66 bits per heavy atom. The van der Waals surface area contributed by atoms with E-state index in [1.807, 2.05) is 51.1 Å². The first-order valence-electron chi connectivity index (χ1n) is 13.2. The smallest absolute Gasteiger partial charge is 0.408 e. The molecular formula is C30H42ClN3O4. The molecule has 7 nitrogen and oxygen atoms in total. The molecule has 8 heteroatoms. The van der Waals surface area contributed by atoms with Crippen molar-refractivity contribution in [2.45, 2.75) is 85.8 Å². The Morgan fingerprint density at radius 3 is 2.24 bits per heavy atom. The fourth-order valence-electron chi connectivity index (χ4n) is 4.29. The van der Waals surface area contributed by atoms with E-state index in [-0.39, 0.29) is 18.4 Å². The number of alkyl carbamates (subject to hydrolysis) is 1. The van der Waals surface area contributed by atoms with E-state index in [0.717, 1.165) is 42.4 Å². The molecule has 1 unspecified atom stereocenters. The van der Waals surface area contributed by atoms with E-state index in [9.17, 15) is 14.4 Å². The van der Waals surface area contributed by atoms with E-state index in [4.69, 9.17) is 16.3 Å². The van der Waals surface area contributed by atoms with Gasteiger partial charge < -0.3 is 20.3 Å². The molecule has 0 spiro atoms. The number of amides is 3. The highest BCUT2D eigenvalue weighted by Gasteiger charge is 2.32. The summed E-state index contributed by atoms with van der Waals surface area (Å²) in [4.78, 5) is 41.4. The molecule has 0 saturated carbocycles. The summed E-state index contributed by atoms with van der Waals surface area (Å²) in [5, 5.41) is 5.95. The lowest BCUT2D eigenvalue weighted by molar-refractivity contribution is -0.138. The van der Waals surface area contributed by atoms with Gasteiger partial charge in [0.15, 0.2) is 0 Å². The highest BCUT2D eigenvalue weighted by atomic mass is 35.5. The van der Waals surface area contributed by atoms with Crippen LogP contribution in [0.5, 0.6) is 0 Å². The number of hydrogen-bond donors (Lipinski definition) is 2. The molecule has 2 aromatic rings. The molecule has 0 fully saturated rings. The number of carbonyl (C=O) groups is 3. The lowest BCUT2D eigenvalue weighted by Gasteiger charge is -2.32. The van der Waals surface area contributed by atoms with Crippen LogP contribution in [0.4, 0.5) is 10.5 Å². The van der Waals surface area contributed by atoms with Crippen LogP contribution in [0.15, 0.2) is 36.4 Å². The third-order valence-corrected chi connectivity index (χ3v) is 6.26. The summed E-state index contributed by atoms with van der Waals surface area (Å²) in [6.07, 6.45) is 3.03. The summed E-state index contributed by atoms with van der Waals surface area (Å²) in [6.45, 7) is 13.2. The summed E-state index contributed by atoms with van der Waals surface area (Å²) < 4.78 is 5.30. The molecular weight excluding hydrogens is 502 g/mol. The first-order chi connectivity index (χ1) is 17.8. The van der Waals surface area contributed by atoms with Crippen LogP contribution in [0, 0.1) is 20.8 Å². The summed E-state index contributed by atoms with van der Waals surface area (Å²) in [6, 6.07) is 10.3. The summed E-state index contributed by atoms with van der Waals surface area (Å²) in [5.74, 6) is -0.741. The van der Waals surface area contributed by atoms with Crippen molar-refractivity contribution in [3.8, 4) is 0 Å². The second-order valence-electron chi connectivity index (χ2n) is 10.7. The van der Waals surface area contributed by atoms with Crippen molar-refractivity contribution >= 4 is 35.2 Å². The van der Waals surface area contributed by atoms with Crippen molar-refractivity contribution in [3.05, 3.63) is 63.7 Å². The van der Waals surface area contributed by atoms with E-state index < -0.39 is 17.7 Å². The van der Waals surface area contributed by atoms with Gasteiger partial charge in [-0.25, -0.2) is 4.79 Å². The van der Waals surface area contributed by atoms with E-state index in [1.54, 1.807) is 31.7 Å². The van der Waals surface area contributed by atoms with Gasteiger partial charge in [0.25, 0.3) is 5.91 Å². The van der Waals surface area contributed by atoms with Gasteiger partial charge in [0.1, 0.15) is 18.2 Å². The third kappa shape index (κ3) is 9.67. The van der Waals surface area contributed by atoms with Crippen molar-refractivity contribution in [3.63, 3.8) is 0 Å². The van der Waals surface area contributed by atoms with Crippen LogP contribution in [0.25, 0.3) is 0 Å². The number of para-hydroxylation sites is 1. The number of nitrogens with one attached hydrogen (secondary N) is 2. The molecule has 3 amide bonds. The lowest BCUT2D eigenvalue weighted by Crippen LogP contribution is -2.47. The zero-order valence-electron chi connectivity index (χ0n) is 23.7. The molecule has 0 radical (unpaired) electrons. The second kappa shape index (κ2) is 14.2. The van der Waals surface area contributed by atoms with Crippen LogP contribution in [0.2, 0.25) is 5.02 Å². The maximum atomic E-state index is 13.9. The Balaban J connectivity index is 2.46. The van der Waals surface area contributed by atoms with Gasteiger partial charge >= 0.3 is 6.09 Å². The standard InChI is InChI=1S/C30H42ClN3O4/c1-8-9-10-11-15-34(25(35)19-32-29(37)38-30(5,6)7)27(23-17-20(2)16-21(3)18-23)28(36)33-26-22(4)13-12-14-24(26)31/h12-14,16-18,27H,8-11,15,19H2,1-7H3,(H,32,37)(H,33,36). The number of halogens is 1. The molecule has 0 saturated heterocycles.